The molecule has 0 amide bonds. The fraction of sp³-hybridized carbons (Fsp3) is 0.643. The smallest absolute Gasteiger partial charge is 0.213 e. The lowest BCUT2D eigenvalue weighted by Crippen LogP contribution is -2.22. The summed E-state index contributed by atoms with van der Waals surface area (Å²) in [5.41, 5.74) is 0.992. The van der Waals surface area contributed by atoms with Gasteiger partial charge in [0.2, 0.25) is 5.88 Å². The summed E-state index contributed by atoms with van der Waals surface area (Å²) in [6.07, 6.45) is 0.239. The van der Waals surface area contributed by atoms with Crippen molar-refractivity contribution in [2.24, 2.45) is 0 Å². The van der Waals surface area contributed by atoms with Crippen molar-refractivity contribution in [2.75, 3.05) is 13.2 Å². The van der Waals surface area contributed by atoms with Crippen LogP contribution in [0.3, 0.4) is 0 Å². The van der Waals surface area contributed by atoms with Crippen molar-refractivity contribution < 1.29 is 9.47 Å². The molecular weight excluding hydrogens is 228 g/mol. The molecule has 0 aliphatic heterocycles. The zero-order valence-electron chi connectivity index (χ0n) is 11.8. The minimum Gasteiger partial charge on any atom is -0.475 e. The van der Waals surface area contributed by atoms with Crippen molar-refractivity contribution in [3.05, 3.63) is 23.9 Å². The van der Waals surface area contributed by atoms with Gasteiger partial charge in [-0.15, -0.1) is 0 Å². The minimum atomic E-state index is 0.239. The first-order valence-electron chi connectivity index (χ1n) is 6.51. The molecule has 0 bridgehead atoms. The molecule has 1 aromatic heterocycles. The molecule has 0 aliphatic carbocycles. The van der Waals surface area contributed by atoms with Gasteiger partial charge in [0.15, 0.2) is 0 Å². The van der Waals surface area contributed by atoms with Gasteiger partial charge >= 0.3 is 0 Å². The van der Waals surface area contributed by atoms with Crippen molar-refractivity contribution in [3.8, 4) is 5.88 Å². The highest BCUT2D eigenvalue weighted by molar-refractivity contribution is 5.15. The van der Waals surface area contributed by atoms with E-state index in [0.717, 1.165) is 12.2 Å². The Morgan fingerprint density at radius 2 is 1.94 bits per heavy atom. The third-order valence-corrected chi connectivity index (χ3v) is 2.26. The zero-order valence-corrected chi connectivity index (χ0v) is 11.8. The monoisotopic (exact) mass is 252 g/mol. The Kier molecular flexibility index (Phi) is 6.68. The Labute approximate surface area is 110 Å². The Morgan fingerprint density at radius 3 is 2.61 bits per heavy atom. The van der Waals surface area contributed by atoms with Crippen LogP contribution in [0.25, 0.3) is 0 Å². The first-order chi connectivity index (χ1) is 8.58. The van der Waals surface area contributed by atoms with Gasteiger partial charge in [-0.3, -0.25) is 0 Å². The highest BCUT2D eigenvalue weighted by Gasteiger charge is 2.00. The Hall–Kier alpha value is -1.13. The van der Waals surface area contributed by atoms with Gasteiger partial charge < -0.3 is 14.8 Å². The summed E-state index contributed by atoms with van der Waals surface area (Å²) < 4.78 is 10.9. The lowest BCUT2D eigenvalue weighted by Gasteiger charge is -2.10. The minimum absolute atomic E-state index is 0.239. The van der Waals surface area contributed by atoms with Gasteiger partial charge in [-0.2, -0.15) is 0 Å². The second-order valence-electron chi connectivity index (χ2n) is 4.77. The molecule has 0 saturated carbocycles. The zero-order chi connectivity index (χ0) is 13.4. The number of ether oxygens (including phenoxy) is 2. The van der Waals surface area contributed by atoms with E-state index in [1.54, 1.807) is 0 Å². The maximum absolute atomic E-state index is 5.54. The van der Waals surface area contributed by atoms with Gasteiger partial charge in [0.05, 0.1) is 18.4 Å². The summed E-state index contributed by atoms with van der Waals surface area (Å²) >= 11 is 0. The normalized spacial score (nSPS) is 11.2. The molecule has 0 radical (unpaired) electrons. The number of nitrogens with zero attached hydrogens (tertiary/aromatic N) is 1. The van der Waals surface area contributed by atoms with Crippen LogP contribution in [0.15, 0.2) is 18.2 Å². The largest absolute Gasteiger partial charge is 0.475 e. The topological polar surface area (TPSA) is 43.4 Å². The maximum atomic E-state index is 5.54. The Bertz CT molecular complexity index is 340. The van der Waals surface area contributed by atoms with Crippen molar-refractivity contribution in [3.63, 3.8) is 0 Å². The van der Waals surface area contributed by atoms with E-state index in [4.69, 9.17) is 9.47 Å². The predicted molar refractivity (Wildman–Crippen MR) is 72.8 cm³/mol. The van der Waals surface area contributed by atoms with E-state index in [2.05, 4.69) is 24.1 Å². The second kappa shape index (κ2) is 8.06. The molecule has 0 saturated heterocycles. The highest BCUT2D eigenvalue weighted by Crippen LogP contribution is 2.07. The van der Waals surface area contributed by atoms with Crippen molar-refractivity contribution in [2.45, 2.75) is 46.4 Å². The molecule has 102 valence electrons. The number of nitrogens with one attached hydrogen (secondary N) is 1. The van der Waals surface area contributed by atoms with Gasteiger partial charge in [-0.1, -0.05) is 19.9 Å². The molecule has 4 nitrogen and oxygen atoms in total. The van der Waals surface area contributed by atoms with Crippen LogP contribution in [-0.2, 0) is 11.3 Å². The fourth-order valence-electron chi connectivity index (χ4n) is 1.38. The molecule has 1 aromatic rings. The first-order valence-corrected chi connectivity index (χ1v) is 6.51. The number of rotatable bonds is 8. The van der Waals surface area contributed by atoms with E-state index >= 15 is 0 Å². The quantitative estimate of drug-likeness (QED) is 0.721. The van der Waals surface area contributed by atoms with Crippen LogP contribution < -0.4 is 10.1 Å². The molecule has 0 aliphatic rings. The Balaban J connectivity index is 2.34. The van der Waals surface area contributed by atoms with Crippen LogP contribution in [0.1, 0.15) is 33.4 Å². The van der Waals surface area contributed by atoms with Crippen molar-refractivity contribution in [1.29, 1.82) is 0 Å². The van der Waals surface area contributed by atoms with E-state index in [-0.39, 0.29) is 6.10 Å². The number of aromatic nitrogens is 1. The van der Waals surface area contributed by atoms with Crippen molar-refractivity contribution in [1.82, 2.24) is 10.3 Å². The SMILES string of the molecule is CC(C)NCc1cccc(OCCOC(C)C)n1. The van der Waals surface area contributed by atoms with E-state index in [1.165, 1.54) is 0 Å². The summed E-state index contributed by atoms with van der Waals surface area (Å²) in [5, 5.41) is 3.33. The molecule has 4 heteroatoms. The van der Waals surface area contributed by atoms with Crippen LogP contribution in [0.2, 0.25) is 0 Å². The summed E-state index contributed by atoms with van der Waals surface area (Å²) in [5.74, 6) is 0.658. The summed E-state index contributed by atoms with van der Waals surface area (Å²) in [6.45, 7) is 10.1. The lowest BCUT2D eigenvalue weighted by molar-refractivity contribution is 0.0542. The number of hydrogen-bond acceptors (Lipinski definition) is 4. The molecule has 18 heavy (non-hydrogen) atoms. The summed E-state index contributed by atoms with van der Waals surface area (Å²) in [7, 11) is 0. The number of hydrogen-bond donors (Lipinski definition) is 1. The molecule has 0 spiro atoms. The van der Waals surface area contributed by atoms with Gasteiger partial charge in [-0.25, -0.2) is 4.98 Å². The molecule has 1 heterocycles. The van der Waals surface area contributed by atoms with Crippen LogP contribution >= 0.6 is 0 Å². The van der Waals surface area contributed by atoms with Crippen molar-refractivity contribution >= 4 is 0 Å². The van der Waals surface area contributed by atoms with Crippen LogP contribution in [-0.4, -0.2) is 30.3 Å². The average Bonchev–Trinajstić information content (AvgIpc) is 2.32. The first kappa shape index (κ1) is 14.9. The third kappa shape index (κ3) is 6.57. The maximum Gasteiger partial charge on any atom is 0.213 e. The Morgan fingerprint density at radius 1 is 1.17 bits per heavy atom. The second-order valence-corrected chi connectivity index (χ2v) is 4.77. The average molecular weight is 252 g/mol. The van der Waals surface area contributed by atoms with Gasteiger partial charge in [0.1, 0.15) is 6.61 Å². The van der Waals surface area contributed by atoms with E-state index in [0.29, 0.717) is 25.1 Å². The van der Waals surface area contributed by atoms with Gasteiger partial charge in [-0.05, 0) is 19.9 Å². The van der Waals surface area contributed by atoms with Gasteiger partial charge in [0, 0.05) is 18.7 Å². The van der Waals surface area contributed by atoms with E-state index in [9.17, 15) is 0 Å². The van der Waals surface area contributed by atoms with Crippen LogP contribution in [0, 0.1) is 0 Å². The lowest BCUT2D eigenvalue weighted by atomic mass is 10.3. The molecule has 1 N–H and O–H groups in total. The number of pyridine rings is 1. The van der Waals surface area contributed by atoms with E-state index in [1.807, 2.05) is 32.0 Å². The molecule has 0 unspecified atom stereocenters. The molecule has 0 aromatic carbocycles. The predicted octanol–water partition coefficient (Wildman–Crippen LogP) is 2.38. The van der Waals surface area contributed by atoms with Crippen LogP contribution in [0.4, 0.5) is 0 Å². The summed E-state index contributed by atoms with van der Waals surface area (Å²) in [4.78, 5) is 4.42. The molecule has 0 atom stereocenters. The molecule has 0 fully saturated rings. The third-order valence-electron chi connectivity index (χ3n) is 2.26. The van der Waals surface area contributed by atoms with Gasteiger partial charge in [0.25, 0.3) is 0 Å². The standard InChI is InChI=1S/C14H24N2O2/c1-11(2)15-10-13-6-5-7-14(16-13)18-9-8-17-12(3)4/h5-7,11-12,15H,8-10H2,1-4H3. The fourth-order valence-corrected chi connectivity index (χ4v) is 1.38. The highest BCUT2D eigenvalue weighted by atomic mass is 16.5. The molecular formula is C14H24N2O2. The summed E-state index contributed by atoms with van der Waals surface area (Å²) in [6, 6.07) is 6.28. The molecule has 1 rings (SSSR count). The van der Waals surface area contributed by atoms with Crippen LogP contribution in [0.5, 0.6) is 5.88 Å². The van der Waals surface area contributed by atoms with E-state index < -0.39 is 0 Å².